The summed E-state index contributed by atoms with van der Waals surface area (Å²) < 4.78 is 65.0. The lowest BCUT2D eigenvalue weighted by atomic mass is 10.1. The molecular formula is C12H12F5NO2. The van der Waals surface area contributed by atoms with E-state index in [1.54, 1.807) is 0 Å². The van der Waals surface area contributed by atoms with Gasteiger partial charge in [-0.1, -0.05) is 6.92 Å². The summed E-state index contributed by atoms with van der Waals surface area (Å²) in [5.41, 5.74) is -1.11. The molecule has 0 amide bonds. The van der Waals surface area contributed by atoms with Gasteiger partial charge in [0.2, 0.25) is 5.82 Å². The number of benzene rings is 1. The number of anilines is 1. The maximum absolute atomic E-state index is 13.2. The summed E-state index contributed by atoms with van der Waals surface area (Å²) in [6.45, 7) is 1.33. The van der Waals surface area contributed by atoms with Gasteiger partial charge in [-0.05, 0) is 12.8 Å². The average molecular weight is 297 g/mol. The first-order chi connectivity index (χ1) is 9.27. The number of aliphatic carboxylic acids is 1. The third kappa shape index (κ3) is 3.37. The second-order valence-corrected chi connectivity index (χ2v) is 4.25. The van der Waals surface area contributed by atoms with E-state index < -0.39 is 46.7 Å². The number of hydrogen-bond acceptors (Lipinski definition) is 2. The minimum Gasteiger partial charge on any atom is -0.481 e. The van der Waals surface area contributed by atoms with E-state index in [0.717, 1.165) is 0 Å². The van der Waals surface area contributed by atoms with Gasteiger partial charge in [-0.25, -0.2) is 22.0 Å². The summed E-state index contributed by atoms with van der Waals surface area (Å²) in [4.78, 5) is 10.5. The maximum atomic E-state index is 13.2. The number of nitrogens with one attached hydrogen (secondary N) is 1. The van der Waals surface area contributed by atoms with E-state index >= 15 is 0 Å². The van der Waals surface area contributed by atoms with E-state index in [0.29, 0.717) is 0 Å². The van der Waals surface area contributed by atoms with Crippen molar-refractivity contribution in [1.29, 1.82) is 0 Å². The molecule has 0 radical (unpaired) electrons. The highest BCUT2D eigenvalue weighted by molar-refractivity contribution is 5.69. The van der Waals surface area contributed by atoms with E-state index in [-0.39, 0.29) is 19.4 Å². The average Bonchev–Trinajstić information content (AvgIpc) is 2.41. The first-order valence-corrected chi connectivity index (χ1v) is 5.75. The van der Waals surface area contributed by atoms with Crippen LogP contribution in [0.5, 0.6) is 0 Å². The molecule has 1 unspecified atom stereocenters. The van der Waals surface area contributed by atoms with E-state index in [2.05, 4.69) is 5.32 Å². The predicted molar refractivity (Wildman–Crippen MR) is 60.8 cm³/mol. The highest BCUT2D eigenvalue weighted by atomic mass is 19.2. The summed E-state index contributed by atoms with van der Waals surface area (Å²) in [5, 5.41) is 10.7. The fourth-order valence-corrected chi connectivity index (χ4v) is 1.51. The molecule has 0 saturated carbocycles. The van der Waals surface area contributed by atoms with Crippen LogP contribution in [-0.4, -0.2) is 17.6 Å². The van der Waals surface area contributed by atoms with Crippen LogP contribution in [-0.2, 0) is 4.79 Å². The first kappa shape index (κ1) is 16.2. The van der Waals surface area contributed by atoms with Crippen LogP contribution in [0.25, 0.3) is 0 Å². The van der Waals surface area contributed by atoms with Crippen LogP contribution >= 0.6 is 0 Å². The molecule has 1 aromatic rings. The van der Waals surface area contributed by atoms with Crippen molar-refractivity contribution in [2.75, 3.05) is 11.9 Å². The van der Waals surface area contributed by atoms with Crippen LogP contribution < -0.4 is 5.32 Å². The summed E-state index contributed by atoms with van der Waals surface area (Å²) in [6, 6.07) is 0. The molecule has 1 aromatic carbocycles. The second-order valence-electron chi connectivity index (χ2n) is 4.25. The van der Waals surface area contributed by atoms with Gasteiger partial charge < -0.3 is 10.4 Å². The Kier molecular flexibility index (Phi) is 5.29. The smallest absolute Gasteiger partial charge is 0.306 e. The van der Waals surface area contributed by atoms with Gasteiger partial charge in [-0.15, -0.1) is 0 Å². The van der Waals surface area contributed by atoms with Gasteiger partial charge in [0.05, 0.1) is 5.92 Å². The molecule has 0 aliphatic heterocycles. The van der Waals surface area contributed by atoms with Crippen molar-refractivity contribution in [3.05, 3.63) is 29.1 Å². The topological polar surface area (TPSA) is 49.3 Å². The standard InChI is InChI=1S/C12H12F5NO2/c1-5(12(19)20)3-2-4-18-11-9(16)7(14)6(13)8(15)10(11)17/h5,18H,2-4H2,1H3,(H,19,20). The summed E-state index contributed by atoms with van der Waals surface area (Å²) in [5.74, 6) is -11.8. The number of carbonyl (C=O) groups is 1. The van der Waals surface area contributed by atoms with Crippen LogP contribution in [0.2, 0.25) is 0 Å². The lowest BCUT2D eigenvalue weighted by Gasteiger charge is -2.11. The Morgan fingerprint density at radius 2 is 1.50 bits per heavy atom. The normalized spacial score (nSPS) is 12.3. The lowest BCUT2D eigenvalue weighted by Crippen LogP contribution is -2.14. The zero-order valence-corrected chi connectivity index (χ0v) is 10.4. The fourth-order valence-electron chi connectivity index (χ4n) is 1.51. The zero-order chi connectivity index (χ0) is 15.4. The zero-order valence-electron chi connectivity index (χ0n) is 10.4. The molecule has 0 aromatic heterocycles. The third-order valence-electron chi connectivity index (χ3n) is 2.75. The fraction of sp³-hybridized carbons (Fsp3) is 0.417. The summed E-state index contributed by atoms with van der Waals surface area (Å²) in [6.07, 6.45) is 0.407. The van der Waals surface area contributed by atoms with Crippen LogP contribution in [0.4, 0.5) is 27.6 Å². The van der Waals surface area contributed by atoms with Gasteiger partial charge in [-0.3, -0.25) is 4.79 Å². The Morgan fingerprint density at radius 1 is 1.05 bits per heavy atom. The molecule has 1 atom stereocenters. The number of halogens is 5. The minimum absolute atomic E-state index is 0.115. The van der Waals surface area contributed by atoms with Gasteiger partial charge in [0, 0.05) is 6.54 Å². The van der Waals surface area contributed by atoms with E-state index in [4.69, 9.17) is 5.11 Å². The molecule has 3 nitrogen and oxygen atoms in total. The van der Waals surface area contributed by atoms with Crippen molar-refractivity contribution >= 4 is 11.7 Å². The molecule has 2 N–H and O–H groups in total. The Hall–Kier alpha value is -1.86. The molecule has 0 heterocycles. The Morgan fingerprint density at radius 3 is 1.95 bits per heavy atom. The quantitative estimate of drug-likeness (QED) is 0.366. The molecule has 0 saturated heterocycles. The molecule has 0 spiro atoms. The molecule has 20 heavy (non-hydrogen) atoms. The highest BCUT2D eigenvalue weighted by Gasteiger charge is 2.25. The van der Waals surface area contributed by atoms with Crippen molar-refractivity contribution in [3.8, 4) is 0 Å². The number of hydrogen-bond donors (Lipinski definition) is 2. The number of rotatable bonds is 6. The molecule has 112 valence electrons. The van der Waals surface area contributed by atoms with Gasteiger partial charge >= 0.3 is 5.97 Å². The Balaban J connectivity index is 2.72. The maximum Gasteiger partial charge on any atom is 0.306 e. The van der Waals surface area contributed by atoms with Crippen molar-refractivity contribution < 1.29 is 31.9 Å². The molecule has 0 aliphatic rings. The molecule has 0 fully saturated rings. The van der Waals surface area contributed by atoms with Crippen molar-refractivity contribution in [2.45, 2.75) is 19.8 Å². The predicted octanol–water partition coefficient (Wildman–Crippen LogP) is 3.29. The first-order valence-electron chi connectivity index (χ1n) is 5.75. The molecule has 0 aliphatic carbocycles. The van der Waals surface area contributed by atoms with E-state index in [1.807, 2.05) is 0 Å². The van der Waals surface area contributed by atoms with Crippen LogP contribution in [0.1, 0.15) is 19.8 Å². The van der Waals surface area contributed by atoms with E-state index in [9.17, 15) is 26.7 Å². The number of carboxylic acid groups (broad SMARTS) is 1. The SMILES string of the molecule is CC(CCCNc1c(F)c(F)c(F)c(F)c1F)C(=O)O. The second kappa shape index (κ2) is 6.53. The van der Waals surface area contributed by atoms with Crippen molar-refractivity contribution in [2.24, 2.45) is 5.92 Å². The van der Waals surface area contributed by atoms with E-state index in [1.165, 1.54) is 6.92 Å². The minimum atomic E-state index is -2.22. The monoisotopic (exact) mass is 297 g/mol. The third-order valence-corrected chi connectivity index (χ3v) is 2.75. The largest absolute Gasteiger partial charge is 0.481 e. The van der Waals surface area contributed by atoms with Crippen molar-refractivity contribution in [1.82, 2.24) is 0 Å². The molecule has 1 rings (SSSR count). The van der Waals surface area contributed by atoms with Crippen LogP contribution in [0.3, 0.4) is 0 Å². The summed E-state index contributed by atoms with van der Waals surface area (Å²) in [7, 11) is 0. The highest BCUT2D eigenvalue weighted by Crippen LogP contribution is 2.27. The Labute approximate surface area is 111 Å². The van der Waals surface area contributed by atoms with Gasteiger partial charge in [0.1, 0.15) is 5.69 Å². The van der Waals surface area contributed by atoms with Crippen LogP contribution in [0, 0.1) is 35.0 Å². The van der Waals surface area contributed by atoms with Gasteiger partial charge in [0.25, 0.3) is 0 Å². The van der Waals surface area contributed by atoms with Crippen LogP contribution in [0.15, 0.2) is 0 Å². The van der Waals surface area contributed by atoms with Gasteiger partial charge in [0.15, 0.2) is 23.3 Å². The van der Waals surface area contributed by atoms with Gasteiger partial charge in [-0.2, -0.15) is 0 Å². The molecular weight excluding hydrogens is 285 g/mol. The summed E-state index contributed by atoms with van der Waals surface area (Å²) >= 11 is 0. The Bertz CT molecular complexity index is 492. The van der Waals surface area contributed by atoms with Crippen molar-refractivity contribution in [3.63, 3.8) is 0 Å². The lowest BCUT2D eigenvalue weighted by molar-refractivity contribution is -0.141. The number of carboxylic acids is 1. The molecule has 0 bridgehead atoms. The molecule has 8 heteroatoms.